The SMILES string of the molecule is CC#CC[C@@]1(C)OC(=O)C=C1OC[C@H]1C=CCC[C@H]1O[Si](C)(C)C(C)(C)C. The van der Waals surface area contributed by atoms with Crippen molar-refractivity contribution >= 4 is 14.3 Å². The van der Waals surface area contributed by atoms with Crippen molar-refractivity contribution in [1.29, 1.82) is 0 Å². The Kier molecular flexibility index (Phi) is 6.65. The number of ether oxygens (including phenoxy) is 2. The number of esters is 1. The number of carbonyl (C=O) groups is 1. The largest absolute Gasteiger partial charge is 0.493 e. The van der Waals surface area contributed by atoms with Crippen LogP contribution in [0.2, 0.25) is 18.1 Å². The van der Waals surface area contributed by atoms with Crippen molar-refractivity contribution in [2.45, 2.75) is 83.7 Å². The summed E-state index contributed by atoms with van der Waals surface area (Å²) >= 11 is 0. The van der Waals surface area contributed by atoms with Gasteiger partial charge in [-0.3, -0.25) is 0 Å². The van der Waals surface area contributed by atoms with Crippen molar-refractivity contribution in [1.82, 2.24) is 0 Å². The molecule has 0 aromatic heterocycles. The number of allylic oxidation sites excluding steroid dienone is 1. The molecule has 0 saturated carbocycles. The van der Waals surface area contributed by atoms with E-state index in [4.69, 9.17) is 13.9 Å². The molecule has 0 bridgehead atoms. The Morgan fingerprint density at radius 2 is 2.07 bits per heavy atom. The van der Waals surface area contributed by atoms with Gasteiger partial charge >= 0.3 is 5.97 Å². The fraction of sp³-hybridized carbons (Fsp3) is 0.682. The zero-order chi connectivity index (χ0) is 20.3. The van der Waals surface area contributed by atoms with Crippen LogP contribution >= 0.6 is 0 Å². The highest BCUT2D eigenvalue weighted by molar-refractivity contribution is 6.74. The molecule has 4 nitrogen and oxygen atoms in total. The zero-order valence-electron chi connectivity index (χ0n) is 17.8. The number of hydrogen-bond donors (Lipinski definition) is 0. The molecule has 2 rings (SSSR count). The van der Waals surface area contributed by atoms with Gasteiger partial charge in [0, 0.05) is 5.92 Å². The predicted octanol–water partition coefficient (Wildman–Crippen LogP) is 4.97. The predicted molar refractivity (Wildman–Crippen MR) is 111 cm³/mol. The average molecular weight is 391 g/mol. The third-order valence-corrected chi connectivity index (χ3v) is 10.4. The van der Waals surface area contributed by atoms with E-state index in [1.165, 1.54) is 6.08 Å². The molecule has 0 N–H and O–H groups in total. The van der Waals surface area contributed by atoms with E-state index in [-0.39, 0.29) is 23.0 Å². The lowest BCUT2D eigenvalue weighted by molar-refractivity contribution is -0.146. The summed E-state index contributed by atoms with van der Waals surface area (Å²) in [5.41, 5.74) is -0.797. The highest BCUT2D eigenvalue weighted by Gasteiger charge is 2.42. The molecule has 3 atom stereocenters. The molecule has 0 unspecified atom stereocenters. The molecule has 0 radical (unpaired) electrons. The van der Waals surface area contributed by atoms with Crippen LogP contribution in [0.3, 0.4) is 0 Å². The van der Waals surface area contributed by atoms with Gasteiger partial charge in [0.05, 0.1) is 25.2 Å². The fourth-order valence-corrected chi connectivity index (χ4v) is 4.46. The van der Waals surface area contributed by atoms with Crippen LogP contribution in [0.15, 0.2) is 24.0 Å². The van der Waals surface area contributed by atoms with Gasteiger partial charge in [0.25, 0.3) is 0 Å². The van der Waals surface area contributed by atoms with E-state index in [1.54, 1.807) is 6.92 Å². The molecule has 0 fully saturated rings. The Hall–Kier alpha value is -1.51. The lowest BCUT2D eigenvalue weighted by Gasteiger charge is -2.42. The molecule has 0 aromatic rings. The summed E-state index contributed by atoms with van der Waals surface area (Å²) in [5.74, 6) is 6.23. The van der Waals surface area contributed by atoms with Crippen molar-refractivity contribution < 1.29 is 18.7 Å². The summed E-state index contributed by atoms with van der Waals surface area (Å²) in [4.78, 5) is 11.8. The van der Waals surface area contributed by atoms with E-state index in [0.717, 1.165) is 12.8 Å². The van der Waals surface area contributed by atoms with E-state index < -0.39 is 13.9 Å². The van der Waals surface area contributed by atoms with Crippen LogP contribution in [0.25, 0.3) is 0 Å². The van der Waals surface area contributed by atoms with Crippen LogP contribution in [-0.4, -0.2) is 32.6 Å². The van der Waals surface area contributed by atoms with Crippen LogP contribution in [-0.2, 0) is 18.7 Å². The topological polar surface area (TPSA) is 44.8 Å². The van der Waals surface area contributed by atoms with Crippen molar-refractivity contribution in [2.75, 3.05) is 6.61 Å². The minimum absolute atomic E-state index is 0.149. The van der Waals surface area contributed by atoms with Crippen LogP contribution in [0, 0.1) is 17.8 Å². The molecule has 0 amide bonds. The monoisotopic (exact) mass is 390 g/mol. The summed E-state index contributed by atoms with van der Waals surface area (Å²) in [5, 5.41) is 0.172. The van der Waals surface area contributed by atoms with Gasteiger partial charge in [-0.25, -0.2) is 4.79 Å². The molecule has 1 heterocycles. The Balaban J connectivity index is 2.07. The molecule has 1 aliphatic heterocycles. The normalized spacial score (nSPS) is 28.3. The van der Waals surface area contributed by atoms with Crippen LogP contribution < -0.4 is 0 Å². The summed E-state index contributed by atoms with van der Waals surface area (Å²) < 4.78 is 18.2. The van der Waals surface area contributed by atoms with Gasteiger partial charge in [-0.05, 0) is 44.8 Å². The number of hydrogen-bond acceptors (Lipinski definition) is 4. The minimum atomic E-state index is -1.85. The molecule has 150 valence electrons. The minimum Gasteiger partial charge on any atom is -0.493 e. The van der Waals surface area contributed by atoms with Crippen molar-refractivity contribution in [3.8, 4) is 11.8 Å². The second kappa shape index (κ2) is 8.24. The Morgan fingerprint density at radius 3 is 2.70 bits per heavy atom. The summed E-state index contributed by atoms with van der Waals surface area (Å²) in [6.07, 6.45) is 8.47. The first-order chi connectivity index (χ1) is 12.5. The molecule has 2 aliphatic rings. The lowest BCUT2D eigenvalue weighted by Crippen LogP contribution is -2.46. The van der Waals surface area contributed by atoms with Crippen molar-refractivity contribution in [3.63, 3.8) is 0 Å². The van der Waals surface area contributed by atoms with Gasteiger partial charge < -0.3 is 13.9 Å². The van der Waals surface area contributed by atoms with Gasteiger partial charge in [0.15, 0.2) is 13.9 Å². The maximum Gasteiger partial charge on any atom is 0.335 e. The maximum atomic E-state index is 11.8. The fourth-order valence-electron chi connectivity index (χ4n) is 3.06. The lowest BCUT2D eigenvalue weighted by atomic mass is 9.93. The standard InChI is InChI=1S/C22H34O4Si/c1-8-9-14-22(5)19(15-20(23)25-22)24-16-17-12-10-11-13-18(17)26-27(6,7)21(2,3)4/h10,12,15,17-18H,11,13-14,16H2,1-7H3/t17-,18-,22-/m1/s1. The third kappa shape index (κ3) is 5.27. The van der Waals surface area contributed by atoms with Crippen LogP contribution in [0.4, 0.5) is 0 Å². The quantitative estimate of drug-likeness (QED) is 0.278. The molecular formula is C22H34O4Si. The summed E-state index contributed by atoms with van der Waals surface area (Å²) in [6.45, 7) is 15.5. The van der Waals surface area contributed by atoms with E-state index in [1.807, 2.05) is 6.92 Å². The molecule has 0 spiro atoms. The first-order valence-corrected chi connectivity index (χ1v) is 12.7. The van der Waals surface area contributed by atoms with Crippen LogP contribution in [0.5, 0.6) is 0 Å². The number of cyclic esters (lactones) is 1. The first kappa shape index (κ1) is 21.8. The third-order valence-electron chi connectivity index (χ3n) is 5.86. The smallest absolute Gasteiger partial charge is 0.335 e. The van der Waals surface area contributed by atoms with Gasteiger partial charge in [-0.2, -0.15) is 0 Å². The van der Waals surface area contributed by atoms with E-state index in [9.17, 15) is 4.79 Å². The molecule has 0 saturated heterocycles. The second-order valence-corrected chi connectivity index (χ2v) is 13.9. The van der Waals surface area contributed by atoms with E-state index in [2.05, 4.69) is 57.9 Å². The summed E-state index contributed by atoms with van der Waals surface area (Å²) in [6, 6.07) is 0. The number of rotatable bonds is 6. The highest BCUT2D eigenvalue weighted by atomic mass is 28.4. The van der Waals surface area contributed by atoms with Crippen molar-refractivity contribution in [2.24, 2.45) is 5.92 Å². The van der Waals surface area contributed by atoms with Crippen LogP contribution in [0.1, 0.15) is 53.9 Å². The molecular weight excluding hydrogens is 356 g/mol. The molecule has 5 heteroatoms. The highest BCUT2D eigenvalue weighted by Crippen LogP contribution is 2.40. The zero-order valence-corrected chi connectivity index (χ0v) is 18.8. The second-order valence-electron chi connectivity index (χ2n) is 9.16. The maximum absolute atomic E-state index is 11.8. The van der Waals surface area contributed by atoms with Crippen molar-refractivity contribution in [3.05, 3.63) is 24.0 Å². The van der Waals surface area contributed by atoms with Gasteiger partial charge in [0.2, 0.25) is 0 Å². The van der Waals surface area contributed by atoms with E-state index in [0.29, 0.717) is 18.8 Å². The molecule has 0 aromatic carbocycles. The average Bonchev–Trinajstić information content (AvgIpc) is 2.85. The molecule has 1 aliphatic carbocycles. The first-order valence-electron chi connectivity index (χ1n) is 9.80. The molecule has 27 heavy (non-hydrogen) atoms. The van der Waals surface area contributed by atoms with Gasteiger partial charge in [-0.15, -0.1) is 5.92 Å². The Bertz CT molecular complexity index is 675. The van der Waals surface area contributed by atoms with E-state index >= 15 is 0 Å². The summed E-state index contributed by atoms with van der Waals surface area (Å²) in [7, 11) is -1.85. The Morgan fingerprint density at radius 1 is 1.37 bits per heavy atom. The number of carbonyl (C=O) groups excluding carboxylic acids is 1. The van der Waals surface area contributed by atoms with Gasteiger partial charge in [-0.1, -0.05) is 38.8 Å². The Labute approximate surface area is 165 Å². The van der Waals surface area contributed by atoms with Gasteiger partial charge in [0.1, 0.15) is 5.76 Å².